The summed E-state index contributed by atoms with van der Waals surface area (Å²) in [7, 11) is 0. The number of rotatable bonds is 2. The fraction of sp³-hybridized carbons (Fsp3) is 0.778. The second-order valence-corrected chi connectivity index (χ2v) is 3.56. The highest BCUT2D eigenvalue weighted by molar-refractivity contribution is 5.66. The lowest BCUT2D eigenvalue weighted by atomic mass is 9.89. The molecule has 5 heteroatoms. The van der Waals surface area contributed by atoms with Gasteiger partial charge in [0, 0.05) is 13.1 Å². The Hall–Kier alpha value is -1.28. The minimum atomic E-state index is -1.11. The summed E-state index contributed by atoms with van der Waals surface area (Å²) in [6.07, 6.45) is 0.0318. The van der Waals surface area contributed by atoms with E-state index >= 15 is 0 Å². The summed E-state index contributed by atoms with van der Waals surface area (Å²) in [5.74, 6) is 0. The number of nitrogens with zero attached hydrogens (tertiary/aromatic N) is 2. The van der Waals surface area contributed by atoms with Crippen LogP contribution in [0.5, 0.6) is 0 Å². The van der Waals surface area contributed by atoms with Gasteiger partial charge >= 0.3 is 6.09 Å². The molecule has 0 aromatic rings. The lowest BCUT2D eigenvalue weighted by molar-refractivity contribution is 0.150. The normalized spacial score (nSPS) is 21.1. The summed E-state index contributed by atoms with van der Waals surface area (Å²) in [4.78, 5) is 12.7. The summed E-state index contributed by atoms with van der Waals surface area (Å²) in [6, 6.07) is 2.07. The maximum atomic E-state index is 10.5. The summed E-state index contributed by atoms with van der Waals surface area (Å²) in [6.45, 7) is 4.58. The third-order valence-corrected chi connectivity index (χ3v) is 2.72. The Morgan fingerprint density at radius 2 is 2.21 bits per heavy atom. The van der Waals surface area contributed by atoms with Crippen molar-refractivity contribution in [1.82, 2.24) is 10.2 Å². The van der Waals surface area contributed by atoms with Crippen LogP contribution < -0.4 is 5.32 Å². The van der Waals surface area contributed by atoms with Gasteiger partial charge in [-0.3, -0.25) is 0 Å². The van der Waals surface area contributed by atoms with E-state index in [1.165, 1.54) is 0 Å². The Bertz CT molecular complexity index is 251. The van der Waals surface area contributed by atoms with Crippen molar-refractivity contribution in [1.29, 1.82) is 5.26 Å². The molecular weight excluding hydrogens is 182 g/mol. The zero-order valence-corrected chi connectivity index (χ0v) is 8.29. The van der Waals surface area contributed by atoms with Gasteiger partial charge in [-0.2, -0.15) is 5.26 Å². The molecule has 0 aromatic carbocycles. The first-order valence-corrected chi connectivity index (χ1v) is 4.76. The molecule has 0 aliphatic carbocycles. The van der Waals surface area contributed by atoms with E-state index in [1.54, 1.807) is 0 Å². The van der Waals surface area contributed by atoms with Gasteiger partial charge in [-0.05, 0) is 19.4 Å². The number of carbonyl (C=O) groups is 1. The molecule has 1 amide bonds. The van der Waals surface area contributed by atoms with Gasteiger partial charge in [-0.25, -0.2) is 4.79 Å². The number of likely N-dealkylation sites (tertiary alicyclic amines) is 1. The standard InChI is InChI=1S/C9H15N3O2/c1-2-12-5-3-9(7-10,4-6-12)11-8(13)14/h11H,2-6H2,1H3,(H,13,14). The first-order chi connectivity index (χ1) is 6.62. The monoisotopic (exact) mass is 197 g/mol. The molecule has 1 aliphatic rings. The molecule has 0 saturated carbocycles. The van der Waals surface area contributed by atoms with E-state index in [-0.39, 0.29) is 0 Å². The maximum Gasteiger partial charge on any atom is 0.405 e. The summed E-state index contributed by atoms with van der Waals surface area (Å²) < 4.78 is 0. The van der Waals surface area contributed by atoms with Crippen LogP contribution in [0.4, 0.5) is 4.79 Å². The Labute approximate surface area is 83.3 Å². The van der Waals surface area contributed by atoms with Gasteiger partial charge in [-0.1, -0.05) is 6.92 Å². The Kier molecular flexibility index (Phi) is 3.31. The Balaban J connectivity index is 2.58. The van der Waals surface area contributed by atoms with Crippen LogP contribution in [0.2, 0.25) is 0 Å². The highest BCUT2D eigenvalue weighted by Gasteiger charge is 2.35. The summed E-state index contributed by atoms with van der Waals surface area (Å²) >= 11 is 0. The van der Waals surface area contributed by atoms with Crippen LogP contribution in [0.3, 0.4) is 0 Å². The number of piperidine rings is 1. The molecule has 0 spiro atoms. The fourth-order valence-corrected chi connectivity index (χ4v) is 1.72. The van der Waals surface area contributed by atoms with Crippen molar-refractivity contribution in [3.8, 4) is 6.07 Å². The van der Waals surface area contributed by atoms with Gasteiger partial charge < -0.3 is 15.3 Å². The lowest BCUT2D eigenvalue weighted by Gasteiger charge is -2.36. The van der Waals surface area contributed by atoms with Crippen LogP contribution in [0.15, 0.2) is 0 Å². The zero-order valence-electron chi connectivity index (χ0n) is 8.29. The van der Waals surface area contributed by atoms with Gasteiger partial charge in [0.1, 0.15) is 5.54 Å². The highest BCUT2D eigenvalue weighted by Crippen LogP contribution is 2.21. The van der Waals surface area contributed by atoms with Crippen molar-refractivity contribution >= 4 is 6.09 Å². The minimum absolute atomic E-state index is 0.573. The number of hydrogen-bond donors (Lipinski definition) is 2. The van der Waals surface area contributed by atoms with Crippen LogP contribution in [0.25, 0.3) is 0 Å². The molecule has 1 rings (SSSR count). The molecule has 1 heterocycles. The molecule has 0 atom stereocenters. The second-order valence-electron chi connectivity index (χ2n) is 3.56. The lowest BCUT2D eigenvalue weighted by Crippen LogP contribution is -2.54. The highest BCUT2D eigenvalue weighted by atomic mass is 16.4. The van der Waals surface area contributed by atoms with E-state index in [2.05, 4.69) is 23.2 Å². The zero-order chi connectivity index (χ0) is 10.6. The maximum absolute atomic E-state index is 10.5. The van der Waals surface area contributed by atoms with E-state index in [4.69, 9.17) is 10.4 Å². The molecule has 5 nitrogen and oxygen atoms in total. The van der Waals surface area contributed by atoms with E-state index in [0.29, 0.717) is 12.8 Å². The third kappa shape index (κ3) is 2.36. The molecule has 2 N–H and O–H groups in total. The van der Waals surface area contributed by atoms with Crippen LogP contribution in [-0.4, -0.2) is 41.3 Å². The van der Waals surface area contributed by atoms with Gasteiger partial charge in [-0.15, -0.1) is 0 Å². The second kappa shape index (κ2) is 4.29. The van der Waals surface area contributed by atoms with E-state index in [1.807, 2.05) is 0 Å². The van der Waals surface area contributed by atoms with Crippen LogP contribution in [0, 0.1) is 11.3 Å². The van der Waals surface area contributed by atoms with Gasteiger partial charge in [0.25, 0.3) is 0 Å². The molecule has 0 aromatic heterocycles. The number of nitrogens with one attached hydrogen (secondary N) is 1. The van der Waals surface area contributed by atoms with Crippen molar-refractivity contribution in [2.24, 2.45) is 0 Å². The smallest absolute Gasteiger partial charge is 0.405 e. The first-order valence-electron chi connectivity index (χ1n) is 4.76. The van der Waals surface area contributed by atoms with Crippen LogP contribution >= 0.6 is 0 Å². The predicted molar refractivity (Wildman–Crippen MR) is 50.9 cm³/mol. The molecule has 0 unspecified atom stereocenters. The summed E-state index contributed by atoms with van der Waals surface area (Å²) in [5.41, 5.74) is -0.864. The van der Waals surface area contributed by atoms with E-state index < -0.39 is 11.6 Å². The Morgan fingerprint density at radius 3 is 2.57 bits per heavy atom. The average Bonchev–Trinajstić information content (AvgIpc) is 2.18. The third-order valence-electron chi connectivity index (χ3n) is 2.72. The SMILES string of the molecule is CCN1CCC(C#N)(NC(=O)O)CC1. The quantitative estimate of drug-likeness (QED) is 0.680. The molecule has 1 aliphatic heterocycles. The largest absolute Gasteiger partial charge is 0.465 e. The van der Waals surface area contributed by atoms with Crippen molar-refractivity contribution in [3.63, 3.8) is 0 Å². The number of amides is 1. The van der Waals surface area contributed by atoms with Crippen molar-refractivity contribution in [2.45, 2.75) is 25.3 Å². The number of nitriles is 1. The minimum Gasteiger partial charge on any atom is -0.465 e. The molecular formula is C9H15N3O2. The first kappa shape index (κ1) is 10.8. The van der Waals surface area contributed by atoms with E-state index in [9.17, 15) is 4.79 Å². The molecule has 0 radical (unpaired) electrons. The van der Waals surface area contributed by atoms with Crippen molar-refractivity contribution in [2.75, 3.05) is 19.6 Å². The molecule has 1 fully saturated rings. The Morgan fingerprint density at radius 1 is 1.64 bits per heavy atom. The topological polar surface area (TPSA) is 76.4 Å². The van der Waals surface area contributed by atoms with Gasteiger partial charge in [0.05, 0.1) is 6.07 Å². The van der Waals surface area contributed by atoms with Crippen molar-refractivity contribution in [3.05, 3.63) is 0 Å². The molecule has 1 saturated heterocycles. The van der Waals surface area contributed by atoms with Crippen LogP contribution in [0.1, 0.15) is 19.8 Å². The number of hydrogen-bond acceptors (Lipinski definition) is 3. The fourth-order valence-electron chi connectivity index (χ4n) is 1.72. The molecule has 14 heavy (non-hydrogen) atoms. The van der Waals surface area contributed by atoms with Crippen LogP contribution in [-0.2, 0) is 0 Å². The van der Waals surface area contributed by atoms with Gasteiger partial charge in [0.15, 0.2) is 0 Å². The van der Waals surface area contributed by atoms with Crippen molar-refractivity contribution < 1.29 is 9.90 Å². The molecule has 78 valence electrons. The summed E-state index contributed by atoms with van der Waals surface area (Å²) in [5, 5.41) is 19.9. The number of carboxylic acid groups (broad SMARTS) is 1. The average molecular weight is 197 g/mol. The van der Waals surface area contributed by atoms with E-state index in [0.717, 1.165) is 19.6 Å². The molecule has 0 bridgehead atoms. The van der Waals surface area contributed by atoms with Gasteiger partial charge in [0.2, 0.25) is 0 Å². The predicted octanol–water partition coefficient (Wildman–Crippen LogP) is 0.632.